The molecular weight excluding hydrogens is 342 g/mol. The Balaban J connectivity index is 2.00. The van der Waals surface area contributed by atoms with Crippen molar-refractivity contribution in [3.63, 3.8) is 0 Å². The monoisotopic (exact) mass is 375 g/mol. The van der Waals surface area contributed by atoms with Gasteiger partial charge in [0.05, 0.1) is 0 Å². The molecule has 1 fully saturated rings. The molecule has 6 heteroatoms. The zero-order valence-corrected chi connectivity index (χ0v) is 17.1. The molecule has 1 heterocycles. The van der Waals surface area contributed by atoms with Gasteiger partial charge < -0.3 is 19.9 Å². The van der Waals surface area contributed by atoms with Crippen molar-refractivity contribution in [2.45, 2.75) is 40.5 Å². The summed E-state index contributed by atoms with van der Waals surface area (Å²) in [7, 11) is 0. The van der Waals surface area contributed by atoms with E-state index in [0.717, 1.165) is 42.9 Å². The second-order valence-corrected chi connectivity index (χ2v) is 6.99. The maximum absolute atomic E-state index is 12.3. The van der Waals surface area contributed by atoms with Crippen LogP contribution in [0, 0.1) is 12.8 Å². The molecule has 1 aliphatic rings. The summed E-state index contributed by atoms with van der Waals surface area (Å²) in [6, 6.07) is 6.19. The number of anilines is 2. The maximum Gasteiger partial charge on any atom is 0.223 e. The predicted molar refractivity (Wildman–Crippen MR) is 109 cm³/mol. The van der Waals surface area contributed by atoms with Gasteiger partial charge in [0.1, 0.15) is 0 Å². The number of carbonyl (C=O) groups is 2. The minimum absolute atomic E-state index is 0.0194. The van der Waals surface area contributed by atoms with Crippen molar-refractivity contribution in [3.05, 3.63) is 23.8 Å². The second kappa shape index (κ2) is 10.3. The summed E-state index contributed by atoms with van der Waals surface area (Å²) < 4.78 is 5.30. The van der Waals surface area contributed by atoms with Gasteiger partial charge in [-0.25, -0.2) is 0 Å². The molecule has 150 valence electrons. The van der Waals surface area contributed by atoms with Crippen molar-refractivity contribution in [3.8, 4) is 0 Å². The van der Waals surface area contributed by atoms with Gasteiger partial charge in [0.15, 0.2) is 0 Å². The molecule has 27 heavy (non-hydrogen) atoms. The Morgan fingerprint density at radius 2 is 1.85 bits per heavy atom. The molecule has 0 radical (unpaired) electrons. The Morgan fingerprint density at radius 3 is 2.41 bits per heavy atom. The third-order valence-electron chi connectivity index (χ3n) is 5.21. The molecule has 0 aliphatic carbocycles. The van der Waals surface area contributed by atoms with Crippen molar-refractivity contribution >= 4 is 23.2 Å². The van der Waals surface area contributed by atoms with Gasteiger partial charge >= 0.3 is 0 Å². The van der Waals surface area contributed by atoms with Crippen LogP contribution in [-0.2, 0) is 14.3 Å². The van der Waals surface area contributed by atoms with Crippen LogP contribution in [0.1, 0.15) is 39.2 Å². The summed E-state index contributed by atoms with van der Waals surface area (Å²) in [5.74, 6) is 0.0732. The van der Waals surface area contributed by atoms with Gasteiger partial charge in [-0.2, -0.15) is 0 Å². The van der Waals surface area contributed by atoms with Crippen molar-refractivity contribution < 1.29 is 14.3 Å². The zero-order chi connectivity index (χ0) is 19.8. The van der Waals surface area contributed by atoms with Gasteiger partial charge in [0, 0.05) is 63.6 Å². The van der Waals surface area contributed by atoms with Crippen LogP contribution < -0.4 is 15.1 Å². The molecule has 2 rings (SSSR count). The minimum Gasteiger partial charge on any atom is -0.381 e. The molecule has 0 atom stereocenters. The number of benzene rings is 1. The van der Waals surface area contributed by atoms with Crippen LogP contribution in [0.25, 0.3) is 0 Å². The van der Waals surface area contributed by atoms with E-state index in [2.05, 4.69) is 36.2 Å². The van der Waals surface area contributed by atoms with Gasteiger partial charge in [0.25, 0.3) is 0 Å². The average molecular weight is 376 g/mol. The van der Waals surface area contributed by atoms with E-state index in [1.54, 1.807) is 11.8 Å². The summed E-state index contributed by atoms with van der Waals surface area (Å²) in [4.78, 5) is 28.5. The lowest BCUT2D eigenvalue weighted by atomic mass is 9.99. The van der Waals surface area contributed by atoms with Gasteiger partial charge in [-0.1, -0.05) is 0 Å². The highest BCUT2D eigenvalue weighted by molar-refractivity contribution is 5.92. The largest absolute Gasteiger partial charge is 0.381 e. The number of ether oxygens (including phenoxy) is 1. The molecule has 0 bridgehead atoms. The third kappa shape index (κ3) is 5.70. The number of aryl methyl sites for hydroxylation is 1. The zero-order valence-electron chi connectivity index (χ0n) is 17.1. The molecule has 1 saturated heterocycles. The molecule has 1 aromatic rings. The lowest BCUT2D eigenvalue weighted by Crippen LogP contribution is -2.41. The maximum atomic E-state index is 12.3. The summed E-state index contributed by atoms with van der Waals surface area (Å²) in [6.45, 7) is 12.0. The van der Waals surface area contributed by atoms with Gasteiger partial charge in [-0.15, -0.1) is 0 Å². The van der Waals surface area contributed by atoms with E-state index in [1.165, 1.54) is 0 Å². The fraction of sp³-hybridized carbons (Fsp3) is 0.619. The first-order valence-electron chi connectivity index (χ1n) is 9.97. The van der Waals surface area contributed by atoms with Gasteiger partial charge in [-0.3, -0.25) is 9.59 Å². The van der Waals surface area contributed by atoms with E-state index in [-0.39, 0.29) is 17.7 Å². The van der Waals surface area contributed by atoms with E-state index >= 15 is 0 Å². The Bertz CT molecular complexity index is 638. The van der Waals surface area contributed by atoms with E-state index in [9.17, 15) is 9.59 Å². The normalized spacial score (nSPS) is 14.7. The number of nitrogens with zero attached hydrogens (tertiary/aromatic N) is 2. The van der Waals surface area contributed by atoms with Gasteiger partial charge in [-0.05, 0) is 57.4 Å². The fourth-order valence-corrected chi connectivity index (χ4v) is 3.57. The van der Waals surface area contributed by atoms with Crippen molar-refractivity contribution in [1.82, 2.24) is 5.32 Å². The number of carbonyl (C=O) groups excluding carboxylic acids is 2. The number of nitrogens with one attached hydrogen (secondary N) is 1. The van der Waals surface area contributed by atoms with E-state index in [0.29, 0.717) is 26.3 Å². The molecule has 0 saturated carbocycles. The highest BCUT2D eigenvalue weighted by atomic mass is 16.5. The summed E-state index contributed by atoms with van der Waals surface area (Å²) in [5, 5.41) is 2.98. The molecule has 6 nitrogen and oxygen atoms in total. The standard InChI is InChI=1S/C21H33N3O3/c1-5-23(6-2)19-7-8-20(16(3)15-19)24(17(4)25)12-11-22-21(26)18-9-13-27-14-10-18/h7-8,15,18H,5-6,9-14H2,1-4H3,(H,22,26). The fourth-order valence-electron chi connectivity index (χ4n) is 3.57. The number of amides is 2. The van der Waals surface area contributed by atoms with E-state index < -0.39 is 0 Å². The van der Waals surface area contributed by atoms with E-state index in [1.807, 2.05) is 13.0 Å². The topological polar surface area (TPSA) is 61.9 Å². The third-order valence-corrected chi connectivity index (χ3v) is 5.21. The summed E-state index contributed by atoms with van der Waals surface area (Å²) in [5.41, 5.74) is 3.13. The molecule has 1 N–H and O–H groups in total. The highest BCUT2D eigenvalue weighted by Crippen LogP contribution is 2.26. The van der Waals surface area contributed by atoms with Crippen molar-refractivity contribution in [2.24, 2.45) is 5.92 Å². The second-order valence-electron chi connectivity index (χ2n) is 6.99. The molecular formula is C21H33N3O3. The highest BCUT2D eigenvalue weighted by Gasteiger charge is 2.22. The molecule has 0 aromatic heterocycles. The molecule has 1 aliphatic heterocycles. The first-order chi connectivity index (χ1) is 13.0. The smallest absolute Gasteiger partial charge is 0.223 e. The number of hydrogen-bond donors (Lipinski definition) is 1. The van der Waals surface area contributed by atoms with Crippen molar-refractivity contribution in [2.75, 3.05) is 49.2 Å². The van der Waals surface area contributed by atoms with Crippen LogP contribution in [0.4, 0.5) is 11.4 Å². The van der Waals surface area contributed by atoms with Crippen molar-refractivity contribution in [1.29, 1.82) is 0 Å². The summed E-state index contributed by atoms with van der Waals surface area (Å²) >= 11 is 0. The first-order valence-corrected chi connectivity index (χ1v) is 9.97. The van der Waals surface area contributed by atoms with Crippen LogP contribution in [-0.4, -0.2) is 51.2 Å². The van der Waals surface area contributed by atoms with Crippen LogP contribution in [0.5, 0.6) is 0 Å². The molecule has 0 unspecified atom stereocenters. The lowest BCUT2D eigenvalue weighted by Gasteiger charge is -2.27. The Kier molecular flexibility index (Phi) is 8.10. The first kappa shape index (κ1) is 21.2. The van der Waals surface area contributed by atoms with Crippen LogP contribution >= 0.6 is 0 Å². The molecule has 1 aromatic carbocycles. The van der Waals surface area contributed by atoms with Crippen LogP contribution in [0.3, 0.4) is 0 Å². The average Bonchev–Trinajstić information content (AvgIpc) is 2.67. The van der Waals surface area contributed by atoms with Crippen LogP contribution in [0.15, 0.2) is 18.2 Å². The minimum atomic E-state index is -0.0194. The molecule has 0 spiro atoms. The predicted octanol–water partition coefficient (Wildman–Crippen LogP) is 2.74. The number of rotatable bonds is 8. The Morgan fingerprint density at radius 1 is 1.19 bits per heavy atom. The summed E-state index contributed by atoms with van der Waals surface area (Å²) in [6.07, 6.45) is 1.54. The SMILES string of the molecule is CCN(CC)c1ccc(N(CCNC(=O)C2CCOCC2)C(C)=O)c(C)c1. The lowest BCUT2D eigenvalue weighted by molar-refractivity contribution is -0.127. The van der Waals surface area contributed by atoms with Gasteiger partial charge in [0.2, 0.25) is 11.8 Å². The van der Waals surface area contributed by atoms with Crippen LogP contribution in [0.2, 0.25) is 0 Å². The Labute approximate surface area is 162 Å². The Hall–Kier alpha value is -2.08. The number of hydrogen-bond acceptors (Lipinski definition) is 4. The quantitative estimate of drug-likeness (QED) is 0.759. The van der Waals surface area contributed by atoms with E-state index in [4.69, 9.17) is 4.74 Å². The molecule has 2 amide bonds.